The summed E-state index contributed by atoms with van der Waals surface area (Å²) >= 11 is 0. The van der Waals surface area contributed by atoms with E-state index in [4.69, 9.17) is 0 Å². The van der Waals surface area contributed by atoms with Crippen molar-refractivity contribution in [2.75, 3.05) is 14.1 Å². The molecular weight excluding hydrogens is 388 g/mol. The molecule has 0 amide bonds. The molecule has 0 radical (unpaired) electrons. The zero-order chi connectivity index (χ0) is 22.8. The number of hydrogen-bond acceptors (Lipinski definition) is 1. The maximum atomic E-state index is 2.39. The highest BCUT2D eigenvalue weighted by Gasteiger charge is 2.44. The van der Waals surface area contributed by atoms with E-state index < -0.39 is 0 Å². The maximum Gasteiger partial charge on any atom is 0.210 e. The lowest BCUT2D eigenvalue weighted by Gasteiger charge is -2.27. The molecule has 0 bridgehead atoms. The normalized spacial score (nSPS) is 24.9. The van der Waals surface area contributed by atoms with Gasteiger partial charge in [0.25, 0.3) is 0 Å². The first-order chi connectivity index (χ1) is 15.1. The van der Waals surface area contributed by atoms with Gasteiger partial charge in [-0.15, -0.1) is 0 Å². The fraction of sp³-hybridized carbons (Fsp3) is 0.367. The lowest BCUT2D eigenvalue weighted by molar-refractivity contribution is -0.401. The molecule has 1 aliphatic carbocycles. The predicted octanol–water partition coefficient (Wildman–Crippen LogP) is 7.11. The van der Waals surface area contributed by atoms with Gasteiger partial charge < -0.3 is 4.90 Å². The third-order valence-corrected chi connectivity index (χ3v) is 7.94. The van der Waals surface area contributed by atoms with Gasteiger partial charge in [0, 0.05) is 41.6 Å². The topological polar surface area (TPSA) is 6.25 Å². The van der Waals surface area contributed by atoms with Gasteiger partial charge in [0.2, 0.25) is 5.69 Å². The van der Waals surface area contributed by atoms with E-state index in [9.17, 15) is 0 Å². The van der Waals surface area contributed by atoms with E-state index in [-0.39, 0.29) is 10.8 Å². The summed E-state index contributed by atoms with van der Waals surface area (Å²) in [5.41, 5.74) is 8.43. The first-order valence-electron chi connectivity index (χ1n) is 11.8. The summed E-state index contributed by atoms with van der Waals surface area (Å²) in [6.07, 6.45) is 12.7. The molecule has 1 unspecified atom stereocenters. The molecule has 2 aromatic carbocycles. The summed E-state index contributed by atoms with van der Waals surface area (Å²) in [7, 11) is 4.41. The molecule has 1 atom stereocenters. The first-order valence-corrected chi connectivity index (χ1v) is 11.8. The molecule has 0 saturated heterocycles. The van der Waals surface area contributed by atoms with E-state index in [1.807, 2.05) is 0 Å². The predicted molar refractivity (Wildman–Crippen MR) is 137 cm³/mol. The van der Waals surface area contributed by atoms with Gasteiger partial charge in [-0.2, -0.15) is 4.58 Å². The average Bonchev–Trinajstić information content (AvgIpc) is 3.07. The molecule has 2 aliphatic heterocycles. The van der Waals surface area contributed by atoms with Crippen LogP contribution in [0, 0.1) is 11.3 Å². The molecule has 2 heteroatoms. The minimum Gasteiger partial charge on any atom is -0.347 e. The van der Waals surface area contributed by atoms with E-state index in [0.717, 1.165) is 6.42 Å². The van der Waals surface area contributed by atoms with E-state index in [0.29, 0.717) is 5.92 Å². The number of rotatable bonds is 2. The molecule has 0 aromatic heterocycles. The molecule has 2 aromatic rings. The highest BCUT2D eigenvalue weighted by Crippen LogP contribution is 2.50. The van der Waals surface area contributed by atoms with Crippen LogP contribution in [0.2, 0.25) is 0 Å². The van der Waals surface area contributed by atoms with Crippen molar-refractivity contribution in [3.8, 4) is 0 Å². The van der Waals surface area contributed by atoms with Crippen LogP contribution in [0.15, 0.2) is 83.7 Å². The van der Waals surface area contributed by atoms with Gasteiger partial charge in [-0.25, -0.2) is 0 Å². The molecule has 0 spiro atoms. The Labute approximate surface area is 193 Å². The maximum absolute atomic E-state index is 2.39. The van der Waals surface area contributed by atoms with Gasteiger partial charge in [0.05, 0.1) is 5.41 Å². The first kappa shape index (κ1) is 21.0. The van der Waals surface area contributed by atoms with Crippen LogP contribution in [0.4, 0.5) is 5.69 Å². The average molecular weight is 424 g/mol. The van der Waals surface area contributed by atoms with Crippen LogP contribution in [0.3, 0.4) is 0 Å². The van der Waals surface area contributed by atoms with Gasteiger partial charge in [-0.1, -0.05) is 57.2 Å². The smallest absolute Gasteiger partial charge is 0.210 e. The molecular formula is C30H35N2+. The number of fused-ring (bicyclic) bond motifs is 3. The minimum absolute atomic E-state index is 0.0489. The van der Waals surface area contributed by atoms with Crippen molar-refractivity contribution in [2.45, 2.75) is 46.5 Å². The Kier molecular flexibility index (Phi) is 4.64. The van der Waals surface area contributed by atoms with E-state index in [1.165, 1.54) is 39.1 Å². The van der Waals surface area contributed by atoms with Crippen molar-refractivity contribution in [2.24, 2.45) is 11.3 Å². The largest absolute Gasteiger partial charge is 0.347 e. The summed E-state index contributed by atoms with van der Waals surface area (Å²) in [6, 6.07) is 13.3. The number of benzene rings is 2. The van der Waals surface area contributed by atoms with Crippen LogP contribution < -0.4 is 0 Å². The van der Waals surface area contributed by atoms with E-state index in [2.05, 4.69) is 125 Å². The van der Waals surface area contributed by atoms with Crippen molar-refractivity contribution >= 4 is 22.2 Å². The molecule has 0 fully saturated rings. The third kappa shape index (κ3) is 2.88. The van der Waals surface area contributed by atoms with Crippen LogP contribution in [0.1, 0.15) is 46.6 Å². The summed E-state index contributed by atoms with van der Waals surface area (Å²) < 4.78 is 2.37. The summed E-state index contributed by atoms with van der Waals surface area (Å²) in [5.74, 6) is 0.619. The molecule has 32 heavy (non-hydrogen) atoms. The number of nitrogens with zero attached hydrogens (tertiary/aromatic N) is 2. The Balaban J connectivity index is 1.51. The number of allylic oxidation sites excluding steroid dienone is 6. The fourth-order valence-corrected chi connectivity index (χ4v) is 6.19. The molecule has 2 heterocycles. The lowest BCUT2D eigenvalue weighted by atomic mass is 9.77. The zero-order valence-electron chi connectivity index (χ0n) is 20.5. The van der Waals surface area contributed by atoms with Crippen LogP contribution >= 0.6 is 0 Å². The minimum atomic E-state index is -0.0489. The summed E-state index contributed by atoms with van der Waals surface area (Å²) in [5, 5.41) is 2.67. The van der Waals surface area contributed by atoms with Crippen LogP contribution in [-0.4, -0.2) is 29.3 Å². The zero-order valence-corrected chi connectivity index (χ0v) is 20.5. The Morgan fingerprint density at radius 1 is 1.03 bits per heavy atom. The second-order valence-electron chi connectivity index (χ2n) is 10.7. The van der Waals surface area contributed by atoms with Gasteiger partial charge >= 0.3 is 0 Å². The van der Waals surface area contributed by atoms with Gasteiger partial charge in [0.15, 0.2) is 5.71 Å². The Morgan fingerprint density at radius 3 is 2.56 bits per heavy atom. The van der Waals surface area contributed by atoms with Crippen molar-refractivity contribution in [1.82, 2.24) is 4.90 Å². The van der Waals surface area contributed by atoms with Crippen molar-refractivity contribution in [3.63, 3.8) is 0 Å². The second kappa shape index (κ2) is 7.07. The molecule has 3 aliphatic rings. The summed E-state index contributed by atoms with van der Waals surface area (Å²) in [4.78, 5) is 2.39. The quantitative estimate of drug-likeness (QED) is 0.467. The highest BCUT2D eigenvalue weighted by atomic mass is 15.2. The second-order valence-corrected chi connectivity index (χ2v) is 10.7. The van der Waals surface area contributed by atoms with Gasteiger partial charge in [-0.05, 0) is 60.8 Å². The fourth-order valence-electron chi connectivity index (χ4n) is 6.19. The van der Waals surface area contributed by atoms with Crippen molar-refractivity contribution in [3.05, 3.63) is 89.3 Å². The monoisotopic (exact) mass is 423 g/mol. The number of hydrogen-bond donors (Lipinski definition) is 0. The highest BCUT2D eigenvalue weighted by molar-refractivity contribution is 6.07. The van der Waals surface area contributed by atoms with Gasteiger partial charge in [-0.3, -0.25) is 0 Å². The SMILES string of the molecule is CC1C=CC2=C(C1)C(C)(C)/C(=C\C=C\C1=[N+](C)c3ccc4ccccc4c3C1(C)C)N2C. The Bertz CT molecular complexity index is 1280. The molecule has 0 saturated carbocycles. The lowest BCUT2D eigenvalue weighted by Crippen LogP contribution is -2.27. The van der Waals surface area contributed by atoms with Crippen LogP contribution in [-0.2, 0) is 5.41 Å². The molecule has 0 N–H and O–H groups in total. The third-order valence-electron chi connectivity index (χ3n) is 7.94. The molecule has 5 rings (SSSR count). The van der Waals surface area contributed by atoms with E-state index in [1.54, 1.807) is 5.57 Å². The Hall–Kier alpha value is -2.87. The van der Waals surface area contributed by atoms with Crippen LogP contribution in [0.25, 0.3) is 10.8 Å². The molecule has 2 nitrogen and oxygen atoms in total. The van der Waals surface area contributed by atoms with Crippen LogP contribution in [0.5, 0.6) is 0 Å². The Morgan fingerprint density at radius 2 is 1.78 bits per heavy atom. The molecule has 164 valence electrons. The van der Waals surface area contributed by atoms with E-state index >= 15 is 0 Å². The standard InChI is InChI=1S/C30H35N2/c1-20-15-17-24-23(19-20)29(2,3)26(31(24)6)13-10-14-27-30(4,5)28-22-12-9-8-11-21(22)16-18-25(28)32(27)7/h8-18,20H,19H2,1-7H3/q+1. The van der Waals surface area contributed by atoms with Crippen molar-refractivity contribution < 1.29 is 4.58 Å². The number of likely N-dealkylation sites (N-methyl/N-ethyl adjacent to an activating group) is 1. The van der Waals surface area contributed by atoms with Crippen molar-refractivity contribution in [1.29, 1.82) is 0 Å². The van der Waals surface area contributed by atoms with Gasteiger partial charge in [0.1, 0.15) is 7.05 Å². The summed E-state index contributed by atoms with van der Waals surface area (Å²) in [6.45, 7) is 11.8.